The Balaban J connectivity index is 2.11. The molecule has 1 atom stereocenters. The highest BCUT2D eigenvalue weighted by Gasteiger charge is 2.06. The van der Waals surface area contributed by atoms with Crippen molar-refractivity contribution in [1.82, 2.24) is 30.0 Å². The minimum absolute atomic E-state index is 0.459. The van der Waals surface area contributed by atoms with Gasteiger partial charge in [0.2, 0.25) is 0 Å². The predicted octanol–water partition coefficient (Wildman–Crippen LogP) is -0.492. The molecule has 80 valence electrons. The van der Waals surface area contributed by atoms with E-state index in [1.165, 1.54) is 4.80 Å². The zero-order chi connectivity index (χ0) is 10.8. The van der Waals surface area contributed by atoms with Crippen LogP contribution in [0.1, 0.15) is 24.4 Å². The van der Waals surface area contributed by atoms with E-state index in [0.29, 0.717) is 12.4 Å². The first-order valence-electron chi connectivity index (χ1n) is 4.58. The molecule has 0 aliphatic carbocycles. The smallest absolute Gasteiger partial charge is 0.196 e. The van der Waals surface area contributed by atoms with E-state index in [9.17, 15) is 5.11 Å². The molecule has 1 N–H and O–H groups in total. The fourth-order valence-electron chi connectivity index (χ4n) is 1.21. The van der Waals surface area contributed by atoms with Gasteiger partial charge >= 0.3 is 0 Å². The maximum absolute atomic E-state index is 9.31. The third-order valence-corrected chi connectivity index (χ3v) is 1.99. The Bertz CT molecular complexity index is 445. The quantitative estimate of drug-likeness (QED) is 0.736. The Morgan fingerprint density at radius 2 is 2.33 bits per heavy atom. The monoisotopic (exact) mass is 208 g/mol. The summed E-state index contributed by atoms with van der Waals surface area (Å²) in [7, 11) is 1.71. The summed E-state index contributed by atoms with van der Waals surface area (Å²) in [6.07, 6.45) is 2.88. The Hall–Kier alpha value is -1.76. The lowest BCUT2D eigenvalue weighted by Gasteiger charge is -1.97. The van der Waals surface area contributed by atoms with Crippen LogP contribution in [-0.2, 0) is 13.6 Å². The third kappa shape index (κ3) is 2.18. The van der Waals surface area contributed by atoms with Crippen molar-refractivity contribution >= 4 is 0 Å². The number of rotatable bonds is 3. The molecule has 0 aliphatic rings. The number of hydrogen-bond donors (Lipinski definition) is 1. The zero-order valence-electron chi connectivity index (χ0n) is 8.57. The van der Waals surface area contributed by atoms with Gasteiger partial charge in [-0.05, 0) is 12.1 Å². The zero-order valence-corrected chi connectivity index (χ0v) is 8.57. The lowest BCUT2D eigenvalue weighted by Crippen LogP contribution is -2.02. The molecule has 0 saturated carbocycles. The predicted molar refractivity (Wildman–Crippen MR) is 50.8 cm³/mol. The highest BCUT2D eigenvalue weighted by molar-refractivity contribution is 5.07. The standard InChI is InChI=1S/C8H12N6O/c1-6(15)7-3-9-14(4-7)5-8-10-12-13(2)11-8/h3-4,6,15H,5H2,1-2H3. The molecule has 1 unspecified atom stereocenters. The van der Waals surface area contributed by atoms with Crippen LogP contribution in [0.15, 0.2) is 12.4 Å². The fraction of sp³-hybridized carbons (Fsp3) is 0.500. The van der Waals surface area contributed by atoms with Crippen LogP contribution in [-0.4, -0.2) is 35.1 Å². The normalized spacial score (nSPS) is 13.0. The average molecular weight is 208 g/mol. The largest absolute Gasteiger partial charge is 0.389 e. The van der Waals surface area contributed by atoms with Gasteiger partial charge in [0.15, 0.2) is 5.82 Å². The van der Waals surface area contributed by atoms with Crippen LogP contribution in [0.5, 0.6) is 0 Å². The van der Waals surface area contributed by atoms with Crippen molar-refractivity contribution in [2.75, 3.05) is 0 Å². The highest BCUT2D eigenvalue weighted by atomic mass is 16.3. The van der Waals surface area contributed by atoms with Crippen LogP contribution < -0.4 is 0 Å². The van der Waals surface area contributed by atoms with E-state index in [1.807, 2.05) is 0 Å². The summed E-state index contributed by atoms with van der Waals surface area (Å²) >= 11 is 0. The molecule has 2 heterocycles. The Labute approximate surface area is 86.3 Å². The van der Waals surface area contributed by atoms with Crippen LogP contribution in [0.4, 0.5) is 0 Å². The van der Waals surface area contributed by atoms with Gasteiger partial charge in [-0.2, -0.15) is 9.90 Å². The van der Waals surface area contributed by atoms with Crippen LogP contribution >= 0.6 is 0 Å². The van der Waals surface area contributed by atoms with E-state index in [-0.39, 0.29) is 0 Å². The second kappa shape index (κ2) is 3.77. The maximum atomic E-state index is 9.31. The van der Waals surface area contributed by atoms with Crippen LogP contribution in [0.2, 0.25) is 0 Å². The number of nitrogens with zero attached hydrogens (tertiary/aromatic N) is 6. The molecule has 7 heteroatoms. The van der Waals surface area contributed by atoms with E-state index in [4.69, 9.17) is 0 Å². The number of aryl methyl sites for hydroxylation is 1. The molecule has 0 fully saturated rings. The number of aliphatic hydroxyl groups excluding tert-OH is 1. The van der Waals surface area contributed by atoms with Gasteiger partial charge in [-0.25, -0.2) is 0 Å². The molecule has 0 bridgehead atoms. The van der Waals surface area contributed by atoms with Gasteiger partial charge in [-0.3, -0.25) is 4.68 Å². The maximum Gasteiger partial charge on any atom is 0.196 e. The van der Waals surface area contributed by atoms with E-state index in [2.05, 4.69) is 20.5 Å². The fourth-order valence-corrected chi connectivity index (χ4v) is 1.21. The number of tetrazole rings is 1. The first kappa shape index (κ1) is 9.78. The molecule has 0 spiro atoms. The molecule has 2 rings (SSSR count). The molecule has 7 nitrogen and oxygen atoms in total. The van der Waals surface area contributed by atoms with Crippen molar-refractivity contribution in [1.29, 1.82) is 0 Å². The third-order valence-electron chi connectivity index (χ3n) is 1.99. The molecule has 0 saturated heterocycles. The molecule has 15 heavy (non-hydrogen) atoms. The molecule has 2 aromatic rings. The van der Waals surface area contributed by atoms with Crippen molar-refractivity contribution < 1.29 is 5.11 Å². The molecule has 0 aliphatic heterocycles. The summed E-state index contributed by atoms with van der Waals surface area (Å²) in [6, 6.07) is 0. The van der Waals surface area contributed by atoms with Gasteiger partial charge in [0.1, 0.15) is 6.54 Å². The van der Waals surface area contributed by atoms with Gasteiger partial charge < -0.3 is 5.11 Å². The van der Waals surface area contributed by atoms with Gasteiger partial charge in [0.05, 0.1) is 19.3 Å². The molecular weight excluding hydrogens is 196 g/mol. The van der Waals surface area contributed by atoms with Crippen molar-refractivity contribution in [2.24, 2.45) is 7.05 Å². The summed E-state index contributed by atoms with van der Waals surface area (Å²) in [5.41, 5.74) is 0.777. The first-order valence-corrected chi connectivity index (χ1v) is 4.58. The van der Waals surface area contributed by atoms with Crippen molar-refractivity contribution in [3.05, 3.63) is 23.8 Å². The number of hydrogen-bond acceptors (Lipinski definition) is 5. The van der Waals surface area contributed by atoms with Crippen molar-refractivity contribution in [3.63, 3.8) is 0 Å². The molecular formula is C8H12N6O. The molecule has 0 radical (unpaired) electrons. The molecule has 0 aromatic carbocycles. The van der Waals surface area contributed by atoms with Crippen molar-refractivity contribution in [2.45, 2.75) is 19.6 Å². The number of aliphatic hydroxyl groups is 1. The lowest BCUT2D eigenvalue weighted by atomic mass is 10.2. The molecule has 0 amide bonds. The summed E-state index contributed by atoms with van der Waals surface area (Å²) in [5.74, 6) is 0.595. The van der Waals surface area contributed by atoms with E-state index in [1.54, 1.807) is 31.0 Å². The van der Waals surface area contributed by atoms with Crippen LogP contribution in [0.25, 0.3) is 0 Å². The Morgan fingerprint density at radius 1 is 1.53 bits per heavy atom. The Kier molecular flexibility index (Phi) is 2.46. The summed E-state index contributed by atoms with van der Waals surface area (Å²) in [6.45, 7) is 2.16. The minimum Gasteiger partial charge on any atom is -0.389 e. The van der Waals surface area contributed by atoms with E-state index >= 15 is 0 Å². The minimum atomic E-state index is -0.506. The SMILES string of the molecule is CC(O)c1cnn(Cc2nnn(C)n2)c1. The van der Waals surface area contributed by atoms with Gasteiger partial charge in [0.25, 0.3) is 0 Å². The first-order chi connectivity index (χ1) is 7.15. The molecule has 2 aromatic heterocycles. The van der Waals surface area contributed by atoms with Gasteiger partial charge in [0, 0.05) is 11.8 Å². The second-order valence-electron chi connectivity index (χ2n) is 3.34. The summed E-state index contributed by atoms with van der Waals surface area (Å²) < 4.78 is 1.67. The summed E-state index contributed by atoms with van der Waals surface area (Å²) in [4.78, 5) is 1.40. The van der Waals surface area contributed by atoms with E-state index < -0.39 is 6.10 Å². The lowest BCUT2D eigenvalue weighted by molar-refractivity contribution is 0.199. The van der Waals surface area contributed by atoms with Crippen LogP contribution in [0, 0.1) is 0 Å². The number of aromatic nitrogens is 6. The average Bonchev–Trinajstić information content (AvgIpc) is 2.76. The summed E-state index contributed by atoms with van der Waals surface area (Å²) in [5, 5.41) is 25.0. The Morgan fingerprint density at radius 3 is 2.87 bits per heavy atom. The van der Waals surface area contributed by atoms with Gasteiger partial charge in [-0.1, -0.05) is 0 Å². The topological polar surface area (TPSA) is 81.7 Å². The van der Waals surface area contributed by atoms with Crippen LogP contribution in [0.3, 0.4) is 0 Å². The van der Waals surface area contributed by atoms with Crippen molar-refractivity contribution in [3.8, 4) is 0 Å². The van der Waals surface area contributed by atoms with E-state index in [0.717, 1.165) is 5.56 Å². The second-order valence-corrected chi connectivity index (χ2v) is 3.34. The highest BCUT2D eigenvalue weighted by Crippen LogP contribution is 2.09. The van der Waals surface area contributed by atoms with Gasteiger partial charge in [-0.15, -0.1) is 10.2 Å².